The van der Waals surface area contributed by atoms with Crippen molar-refractivity contribution in [3.05, 3.63) is 23.4 Å². The SMILES string of the molecule is CCC(CCO)CNc1ncccc1Cl. The zero-order valence-corrected chi connectivity index (χ0v) is 9.67. The van der Waals surface area contributed by atoms with E-state index in [1.54, 1.807) is 12.3 Å². The largest absolute Gasteiger partial charge is 0.396 e. The molecule has 0 saturated heterocycles. The molecule has 0 amide bonds. The highest BCUT2D eigenvalue weighted by Crippen LogP contribution is 2.18. The minimum absolute atomic E-state index is 0.232. The van der Waals surface area contributed by atoms with Gasteiger partial charge in [-0.15, -0.1) is 0 Å². The van der Waals surface area contributed by atoms with Crippen LogP contribution in [0.4, 0.5) is 5.82 Å². The molecule has 0 radical (unpaired) electrons. The summed E-state index contributed by atoms with van der Waals surface area (Å²) in [5, 5.41) is 12.7. The van der Waals surface area contributed by atoms with E-state index in [9.17, 15) is 0 Å². The molecule has 0 spiro atoms. The van der Waals surface area contributed by atoms with Crippen LogP contribution in [-0.4, -0.2) is 23.2 Å². The van der Waals surface area contributed by atoms with Gasteiger partial charge in [0.15, 0.2) is 0 Å². The maximum atomic E-state index is 8.85. The molecule has 1 aromatic rings. The molecule has 0 aliphatic heterocycles. The highest BCUT2D eigenvalue weighted by atomic mass is 35.5. The second kappa shape index (κ2) is 6.64. The van der Waals surface area contributed by atoms with Crippen molar-refractivity contribution in [2.45, 2.75) is 19.8 Å². The van der Waals surface area contributed by atoms with Gasteiger partial charge < -0.3 is 10.4 Å². The van der Waals surface area contributed by atoms with Gasteiger partial charge in [-0.3, -0.25) is 0 Å². The summed E-state index contributed by atoms with van der Waals surface area (Å²) in [4.78, 5) is 4.14. The number of aliphatic hydroxyl groups is 1. The third-order valence-electron chi connectivity index (χ3n) is 2.43. The zero-order valence-electron chi connectivity index (χ0n) is 8.91. The molecule has 84 valence electrons. The second-order valence-corrected chi connectivity index (χ2v) is 3.91. The van der Waals surface area contributed by atoms with Crippen LogP contribution in [0.2, 0.25) is 5.02 Å². The van der Waals surface area contributed by atoms with Gasteiger partial charge in [0.05, 0.1) is 5.02 Å². The lowest BCUT2D eigenvalue weighted by Gasteiger charge is -2.15. The summed E-state index contributed by atoms with van der Waals surface area (Å²) in [7, 11) is 0. The van der Waals surface area contributed by atoms with E-state index in [1.807, 2.05) is 6.07 Å². The molecule has 3 nitrogen and oxygen atoms in total. The maximum absolute atomic E-state index is 8.85. The fourth-order valence-corrected chi connectivity index (χ4v) is 1.58. The number of hydrogen-bond acceptors (Lipinski definition) is 3. The Morgan fingerprint density at radius 1 is 1.60 bits per heavy atom. The number of nitrogens with one attached hydrogen (secondary N) is 1. The topological polar surface area (TPSA) is 45.1 Å². The van der Waals surface area contributed by atoms with Crippen LogP contribution in [0, 0.1) is 5.92 Å². The number of hydrogen-bond donors (Lipinski definition) is 2. The van der Waals surface area contributed by atoms with E-state index in [0.717, 1.165) is 25.2 Å². The van der Waals surface area contributed by atoms with Crippen LogP contribution < -0.4 is 5.32 Å². The number of pyridine rings is 1. The van der Waals surface area contributed by atoms with Crippen LogP contribution in [0.15, 0.2) is 18.3 Å². The molecule has 0 saturated carbocycles. The Bertz CT molecular complexity index is 294. The average molecular weight is 229 g/mol. The minimum Gasteiger partial charge on any atom is -0.396 e. The van der Waals surface area contributed by atoms with E-state index < -0.39 is 0 Å². The second-order valence-electron chi connectivity index (χ2n) is 3.50. The van der Waals surface area contributed by atoms with E-state index >= 15 is 0 Å². The lowest BCUT2D eigenvalue weighted by Crippen LogP contribution is -2.15. The summed E-state index contributed by atoms with van der Waals surface area (Å²) >= 11 is 5.95. The lowest BCUT2D eigenvalue weighted by atomic mass is 10.0. The van der Waals surface area contributed by atoms with Crippen molar-refractivity contribution in [2.24, 2.45) is 5.92 Å². The van der Waals surface area contributed by atoms with Gasteiger partial charge in [0.1, 0.15) is 5.82 Å². The summed E-state index contributed by atoms with van der Waals surface area (Å²) in [6, 6.07) is 3.61. The third kappa shape index (κ3) is 4.06. The Morgan fingerprint density at radius 2 is 2.40 bits per heavy atom. The fraction of sp³-hybridized carbons (Fsp3) is 0.545. The first-order valence-corrected chi connectivity index (χ1v) is 5.61. The third-order valence-corrected chi connectivity index (χ3v) is 2.74. The highest BCUT2D eigenvalue weighted by Gasteiger charge is 2.06. The lowest BCUT2D eigenvalue weighted by molar-refractivity contribution is 0.258. The monoisotopic (exact) mass is 228 g/mol. The Labute approximate surface area is 95.5 Å². The molecule has 0 aliphatic carbocycles. The molecule has 1 heterocycles. The van der Waals surface area contributed by atoms with E-state index in [-0.39, 0.29) is 6.61 Å². The summed E-state index contributed by atoms with van der Waals surface area (Å²) in [5.74, 6) is 1.18. The van der Waals surface area contributed by atoms with Crippen molar-refractivity contribution < 1.29 is 5.11 Å². The molecule has 0 fully saturated rings. The zero-order chi connectivity index (χ0) is 11.1. The molecule has 0 bridgehead atoms. The van der Waals surface area contributed by atoms with Crippen molar-refractivity contribution >= 4 is 17.4 Å². The van der Waals surface area contributed by atoms with Gasteiger partial charge in [-0.25, -0.2) is 4.98 Å². The molecule has 2 N–H and O–H groups in total. The Morgan fingerprint density at radius 3 is 3.00 bits per heavy atom. The average Bonchev–Trinajstić information content (AvgIpc) is 2.26. The van der Waals surface area contributed by atoms with Crippen LogP contribution in [-0.2, 0) is 0 Å². The van der Waals surface area contributed by atoms with E-state index in [4.69, 9.17) is 16.7 Å². The summed E-state index contributed by atoms with van der Waals surface area (Å²) in [6.45, 7) is 3.14. The van der Waals surface area contributed by atoms with Gasteiger partial charge in [-0.2, -0.15) is 0 Å². The smallest absolute Gasteiger partial charge is 0.144 e. The number of nitrogens with zero attached hydrogens (tertiary/aromatic N) is 1. The van der Waals surface area contributed by atoms with E-state index in [0.29, 0.717) is 10.9 Å². The van der Waals surface area contributed by atoms with Crippen LogP contribution >= 0.6 is 11.6 Å². The molecule has 1 unspecified atom stereocenters. The number of anilines is 1. The summed E-state index contributed by atoms with van der Waals surface area (Å²) in [6.07, 6.45) is 3.56. The predicted octanol–water partition coefficient (Wildman–Crippen LogP) is 2.56. The summed E-state index contributed by atoms with van der Waals surface area (Å²) in [5.41, 5.74) is 0. The fourth-order valence-electron chi connectivity index (χ4n) is 1.39. The highest BCUT2D eigenvalue weighted by molar-refractivity contribution is 6.32. The van der Waals surface area contributed by atoms with Crippen molar-refractivity contribution in [1.82, 2.24) is 4.98 Å². The molecule has 1 rings (SSSR count). The predicted molar refractivity (Wildman–Crippen MR) is 63.2 cm³/mol. The maximum Gasteiger partial charge on any atom is 0.144 e. The molecule has 4 heteroatoms. The number of aromatic nitrogens is 1. The number of halogens is 1. The van der Waals surface area contributed by atoms with Crippen molar-refractivity contribution in [1.29, 1.82) is 0 Å². The molecule has 0 aliphatic rings. The quantitative estimate of drug-likeness (QED) is 0.787. The van der Waals surface area contributed by atoms with Gasteiger partial charge in [-0.1, -0.05) is 24.9 Å². The van der Waals surface area contributed by atoms with E-state index in [2.05, 4.69) is 17.2 Å². The van der Waals surface area contributed by atoms with Gasteiger partial charge in [0, 0.05) is 19.3 Å². The summed E-state index contributed by atoms with van der Waals surface area (Å²) < 4.78 is 0. The molecular formula is C11H17ClN2O. The first-order valence-electron chi connectivity index (χ1n) is 5.23. The Kier molecular flexibility index (Phi) is 5.43. The van der Waals surface area contributed by atoms with Gasteiger partial charge in [-0.05, 0) is 24.5 Å². The normalized spacial score (nSPS) is 12.5. The van der Waals surface area contributed by atoms with Gasteiger partial charge in [0.2, 0.25) is 0 Å². The molecule has 15 heavy (non-hydrogen) atoms. The van der Waals surface area contributed by atoms with Crippen LogP contribution in [0.1, 0.15) is 19.8 Å². The van der Waals surface area contributed by atoms with E-state index in [1.165, 1.54) is 0 Å². The first-order chi connectivity index (χ1) is 7.27. The minimum atomic E-state index is 0.232. The standard InChI is InChI=1S/C11H17ClN2O/c1-2-9(5-7-15)8-14-11-10(12)4-3-6-13-11/h3-4,6,9,15H,2,5,7-8H2,1H3,(H,13,14). The van der Waals surface area contributed by atoms with Crippen molar-refractivity contribution in [3.8, 4) is 0 Å². The van der Waals surface area contributed by atoms with Crippen LogP contribution in [0.5, 0.6) is 0 Å². The van der Waals surface area contributed by atoms with Gasteiger partial charge in [0.25, 0.3) is 0 Å². The number of aliphatic hydroxyl groups excluding tert-OH is 1. The molecule has 1 atom stereocenters. The molecular weight excluding hydrogens is 212 g/mol. The Hall–Kier alpha value is -0.800. The van der Waals surface area contributed by atoms with Crippen molar-refractivity contribution in [3.63, 3.8) is 0 Å². The van der Waals surface area contributed by atoms with Crippen LogP contribution in [0.3, 0.4) is 0 Å². The van der Waals surface area contributed by atoms with Crippen LogP contribution in [0.25, 0.3) is 0 Å². The molecule has 0 aromatic carbocycles. The Balaban J connectivity index is 2.45. The number of rotatable bonds is 6. The van der Waals surface area contributed by atoms with Gasteiger partial charge >= 0.3 is 0 Å². The van der Waals surface area contributed by atoms with Crippen molar-refractivity contribution in [2.75, 3.05) is 18.5 Å². The first kappa shape index (κ1) is 12.3. The molecule has 1 aromatic heterocycles.